The monoisotopic (exact) mass is 330 g/mol. The van der Waals surface area contributed by atoms with E-state index in [1.165, 1.54) is 11.9 Å². The number of aryl methyl sites for hydroxylation is 1. The van der Waals surface area contributed by atoms with Crippen molar-refractivity contribution in [1.29, 1.82) is 0 Å². The Morgan fingerprint density at radius 3 is 3.04 bits per heavy atom. The Morgan fingerprint density at radius 1 is 1.42 bits per heavy atom. The zero-order valence-electron chi connectivity index (χ0n) is 14.5. The topological polar surface area (TPSA) is 52.5 Å². The van der Waals surface area contributed by atoms with Crippen LogP contribution in [-0.4, -0.2) is 35.9 Å². The molecule has 1 aromatic heterocycles. The molecule has 0 bridgehead atoms. The fraction of sp³-hybridized carbons (Fsp3) is 0.526. The van der Waals surface area contributed by atoms with Crippen molar-refractivity contribution in [3.8, 4) is 0 Å². The van der Waals surface area contributed by atoms with Crippen LogP contribution in [0.4, 0.5) is 5.69 Å². The van der Waals surface area contributed by atoms with Gasteiger partial charge in [0.1, 0.15) is 6.10 Å². The average molecular weight is 330 g/mol. The molecule has 1 aromatic carbocycles. The minimum absolute atomic E-state index is 0.124. The molecule has 0 unspecified atom stereocenters. The number of hydrogen-bond donors (Lipinski definition) is 1. The van der Waals surface area contributed by atoms with Crippen molar-refractivity contribution in [2.45, 2.75) is 51.9 Å². The molecule has 1 fully saturated rings. The van der Waals surface area contributed by atoms with E-state index in [1.54, 1.807) is 6.92 Å². The molecule has 5 heteroatoms. The van der Waals surface area contributed by atoms with Crippen LogP contribution in [0.3, 0.4) is 0 Å². The first-order chi connectivity index (χ1) is 11.7. The molecular formula is C19H26N2O3. The maximum atomic E-state index is 12.3. The van der Waals surface area contributed by atoms with Gasteiger partial charge in [-0.3, -0.25) is 4.79 Å². The molecule has 0 spiro atoms. The molecule has 3 rings (SSSR count). The lowest BCUT2D eigenvalue weighted by Crippen LogP contribution is -2.32. The number of ether oxygens (including phenoxy) is 2. The van der Waals surface area contributed by atoms with Gasteiger partial charge in [0.05, 0.1) is 12.7 Å². The Labute approximate surface area is 142 Å². The Balaban J connectivity index is 1.55. The molecule has 5 nitrogen and oxygen atoms in total. The van der Waals surface area contributed by atoms with Crippen LogP contribution in [0.2, 0.25) is 0 Å². The molecule has 24 heavy (non-hydrogen) atoms. The van der Waals surface area contributed by atoms with Gasteiger partial charge in [0.25, 0.3) is 5.91 Å². The lowest BCUT2D eigenvalue weighted by molar-refractivity contribution is -0.130. The van der Waals surface area contributed by atoms with E-state index in [0.717, 1.165) is 37.1 Å². The number of fused-ring (bicyclic) bond motifs is 1. The second kappa shape index (κ2) is 7.81. The van der Waals surface area contributed by atoms with Gasteiger partial charge in [0.15, 0.2) is 0 Å². The van der Waals surface area contributed by atoms with Crippen molar-refractivity contribution >= 4 is 22.5 Å². The third-order valence-corrected chi connectivity index (χ3v) is 4.55. The number of hydrogen-bond acceptors (Lipinski definition) is 3. The maximum absolute atomic E-state index is 12.3. The van der Waals surface area contributed by atoms with Crippen molar-refractivity contribution in [2.24, 2.45) is 0 Å². The fourth-order valence-electron chi connectivity index (χ4n) is 3.06. The number of aromatic nitrogens is 1. The van der Waals surface area contributed by atoms with Crippen LogP contribution in [0.5, 0.6) is 0 Å². The molecule has 1 amide bonds. The summed E-state index contributed by atoms with van der Waals surface area (Å²) in [5.41, 5.74) is 1.97. The van der Waals surface area contributed by atoms with Crippen molar-refractivity contribution < 1.29 is 14.3 Å². The van der Waals surface area contributed by atoms with E-state index in [-0.39, 0.29) is 12.0 Å². The van der Waals surface area contributed by atoms with E-state index >= 15 is 0 Å². The first-order valence-electron chi connectivity index (χ1n) is 8.80. The van der Waals surface area contributed by atoms with Crippen molar-refractivity contribution in [1.82, 2.24) is 4.57 Å². The Bertz CT molecular complexity index is 689. The quantitative estimate of drug-likeness (QED) is 0.881. The summed E-state index contributed by atoms with van der Waals surface area (Å²) in [6, 6.07) is 8.03. The first-order valence-corrected chi connectivity index (χ1v) is 8.80. The molecule has 1 aliphatic rings. The number of benzene rings is 1. The summed E-state index contributed by atoms with van der Waals surface area (Å²) in [7, 11) is 0. The van der Waals surface area contributed by atoms with Gasteiger partial charge < -0.3 is 19.4 Å². The lowest BCUT2D eigenvalue weighted by Gasteiger charge is -2.23. The normalized spacial score (nSPS) is 19.3. The van der Waals surface area contributed by atoms with Crippen LogP contribution >= 0.6 is 0 Å². The second-order valence-electron chi connectivity index (χ2n) is 6.33. The summed E-state index contributed by atoms with van der Waals surface area (Å²) in [6.07, 6.45) is 5.00. The third-order valence-electron chi connectivity index (χ3n) is 4.55. The summed E-state index contributed by atoms with van der Waals surface area (Å²) >= 11 is 0. The van der Waals surface area contributed by atoms with Gasteiger partial charge in [0, 0.05) is 35.9 Å². The predicted molar refractivity (Wildman–Crippen MR) is 95.2 cm³/mol. The van der Waals surface area contributed by atoms with Crippen molar-refractivity contribution in [3.63, 3.8) is 0 Å². The highest BCUT2D eigenvalue weighted by atomic mass is 16.5. The largest absolute Gasteiger partial charge is 0.376 e. The van der Waals surface area contributed by atoms with E-state index in [9.17, 15) is 4.79 Å². The molecule has 1 N–H and O–H groups in total. The zero-order valence-corrected chi connectivity index (χ0v) is 14.5. The summed E-state index contributed by atoms with van der Waals surface area (Å²) < 4.78 is 13.5. The molecule has 130 valence electrons. The number of nitrogens with one attached hydrogen (secondary N) is 1. The molecule has 0 radical (unpaired) electrons. The van der Waals surface area contributed by atoms with Crippen LogP contribution < -0.4 is 5.32 Å². The number of carbonyl (C=O) groups is 1. The molecule has 1 aliphatic heterocycles. The Hall–Kier alpha value is -1.85. The first kappa shape index (κ1) is 17.0. The summed E-state index contributed by atoms with van der Waals surface area (Å²) in [4.78, 5) is 12.3. The number of amides is 1. The number of nitrogens with zero attached hydrogens (tertiary/aromatic N) is 1. The highest BCUT2D eigenvalue weighted by molar-refractivity contribution is 5.96. The molecule has 2 aromatic rings. The van der Waals surface area contributed by atoms with Crippen molar-refractivity contribution in [2.75, 3.05) is 18.5 Å². The van der Waals surface area contributed by atoms with E-state index in [4.69, 9.17) is 9.47 Å². The SMILES string of the molecule is CCn1ccc2cc(NC(=O)[C@H](C)OC[C@@H]3CCCCO3)ccc21. The summed E-state index contributed by atoms with van der Waals surface area (Å²) in [5.74, 6) is -0.125. The van der Waals surface area contributed by atoms with Crippen LogP contribution in [0.1, 0.15) is 33.1 Å². The molecule has 0 aliphatic carbocycles. The Kier molecular flexibility index (Phi) is 5.53. The van der Waals surface area contributed by atoms with Gasteiger partial charge in [-0.05, 0) is 57.4 Å². The van der Waals surface area contributed by atoms with E-state index in [2.05, 4.69) is 29.1 Å². The van der Waals surface area contributed by atoms with E-state index in [0.29, 0.717) is 6.61 Å². The van der Waals surface area contributed by atoms with Gasteiger partial charge in [-0.15, -0.1) is 0 Å². The Morgan fingerprint density at radius 2 is 2.29 bits per heavy atom. The second-order valence-corrected chi connectivity index (χ2v) is 6.33. The third kappa shape index (κ3) is 3.97. The molecule has 0 saturated carbocycles. The van der Waals surface area contributed by atoms with Crippen LogP contribution in [0, 0.1) is 0 Å². The van der Waals surface area contributed by atoms with Gasteiger partial charge >= 0.3 is 0 Å². The minimum Gasteiger partial charge on any atom is -0.376 e. The molecular weight excluding hydrogens is 304 g/mol. The average Bonchev–Trinajstić information content (AvgIpc) is 3.02. The minimum atomic E-state index is -0.494. The van der Waals surface area contributed by atoms with Crippen LogP contribution in [0.15, 0.2) is 30.5 Å². The van der Waals surface area contributed by atoms with Gasteiger partial charge in [-0.2, -0.15) is 0 Å². The fourth-order valence-corrected chi connectivity index (χ4v) is 3.06. The van der Waals surface area contributed by atoms with Crippen LogP contribution in [-0.2, 0) is 20.8 Å². The van der Waals surface area contributed by atoms with Crippen LogP contribution in [0.25, 0.3) is 10.9 Å². The van der Waals surface area contributed by atoms with Gasteiger partial charge in [0.2, 0.25) is 0 Å². The van der Waals surface area contributed by atoms with E-state index < -0.39 is 6.10 Å². The number of carbonyl (C=O) groups excluding carboxylic acids is 1. The highest BCUT2D eigenvalue weighted by Crippen LogP contribution is 2.21. The number of anilines is 1. The van der Waals surface area contributed by atoms with Gasteiger partial charge in [-0.1, -0.05) is 0 Å². The lowest BCUT2D eigenvalue weighted by atomic mass is 10.1. The zero-order chi connectivity index (χ0) is 16.9. The molecule has 2 atom stereocenters. The highest BCUT2D eigenvalue weighted by Gasteiger charge is 2.19. The molecule has 1 saturated heterocycles. The summed E-state index contributed by atoms with van der Waals surface area (Å²) in [6.45, 7) is 6.11. The van der Waals surface area contributed by atoms with E-state index in [1.807, 2.05) is 18.2 Å². The predicted octanol–water partition coefficient (Wildman–Crippen LogP) is 3.57. The van der Waals surface area contributed by atoms with Gasteiger partial charge in [-0.25, -0.2) is 0 Å². The smallest absolute Gasteiger partial charge is 0.253 e. The van der Waals surface area contributed by atoms with Crippen molar-refractivity contribution in [3.05, 3.63) is 30.5 Å². The number of rotatable bonds is 6. The maximum Gasteiger partial charge on any atom is 0.253 e. The standard InChI is InChI=1S/C19H26N2O3/c1-3-21-10-9-15-12-16(7-8-18(15)21)20-19(22)14(2)24-13-17-6-4-5-11-23-17/h7-10,12,14,17H,3-6,11,13H2,1-2H3,(H,20,22)/t14-,17-/m0/s1. The summed E-state index contributed by atoms with van der Waals surface area (Å²) in [5, 5.41) is 4.06. The molecule has 2 heterocycles.